The third-order valence-electron chi connectivity index (χ3n) is 4.52. The van der Waals surface area contributed by atoms with Crippen LogP contribution in [0.5, 0.6) is 0 Å². The predicted octanol–water partition coefficient (Wildman–Crippen LogP) is 3.32. The highest BCUT2D eigenvalue weighted by molar-refractivity contribution is 7.90. The molecule has 0 aliphatic heterocycles. The van der Waals surface area contributed by atoms with Gasteiger partial charge >= 0.3 is 0 Å². The van der Waals surface area contributed by atoms with Crippen LogP contribution in [-0.4, -0.2) is 25.1 Å². The molecule has 0 heterocycles. The van der Waals surface area contributed by atoms with Crippen LogP contribution in [0.1, 0.15) is 46.5 Å². The van der Waals surface area contributed by atoms with Crippen molar-refractivity contribution < 1.29 is 26.4 Å². The predicted molar refractivity (Wildman–Crippen MR) is 92.5 cm³/mol. The number of hydrogen-bond acceptors (Lipinski definition) is 3. The minimum Gasteiger partial charge on any atom is -0.323 e. The molecule has 1 aromatic carbocycles. The van der Waals surface area contributed by atoms with Crippen molar-refractivity contribution in [2.45, 2.75) is 57.2 Å². The Morgan fingerprint density at radius 2 is 1.62 bits per heavy atom. The monoisotopic (exact) mass is 392 g/mol. The van der Waals surface area contributed by atoms with Crippen molar-refractivity contribution in [1.82, 2.24) is 4.72 Å². The summed E-state index contributed by atoms with van der Waals surface area (Å²) in [5, 5.41) is 2.28. The molecule has 0 saturated heterocycles. The van der Waals surface area contributed by atoms with Gasteiger partial charge in [0.25, 0.3) is 0 Å². The van der Waals surface area contributed by atoms with E-state index in [-0.39, 0.29) is 6.04 Å². The quantitative estimate of drug-likeness (QED) is 0.772. The third-order valence-corrected chi connectivity index (χ3v) is 6.78. The minimum absolute atomic E-state index is 0.261. The van der Waals surface area contributed by atoms with Crippen LogP contribution in [0.25, 0.3) is 0 Å². The molecular weight excluding hydrogens is 369 g/mol. The molecule has 1 saturated carbocycles. The van der Waals surface area contributed by atoms with Gasteiger partial charge in [-0.3, -0.25) is 4.79 Å². The van der Waals surface area contributed by atoms with E-state index in [1.54, 1.807) is 20.8 Å². The smallest absolute Gasteiger partial charge is 0.227 e. The molecular formula is C17H23F3N2O3S. The number of nitrogens with one attached hydrogen (secondary N) is 2. The number of hydrogen-bond donors (Lipinski definition) is 2. The first-order valence-corrected chi connectivity index (χ1v) is 9.87. The van der Waals surface area contributed by atoms with Crippen molar-refractivity contribution in [3.63, 3.8) is 0 Å². The summed E-state index contributed by atoms with van der Waals surface area (Å²) in [7, 11) is -3.48. The first-order chi connectivity index (χ1) is 11.9. The second kappa shape index (κ2) is 7.56. The van der Waals surface area contributed by atoms with Gasteiger partial charge in [-0.1, -0.05) is 0 Å². The van der Waals surface area contributed by atoms with E-state index in [0.29, 0.717) is 25.7 Å². The van der Waals surface area contributed by atoms with E-state index in [1.807, 2.05) is 0 Å². The van der Waals surface area contributed by atoms with E-state index in [4.69, 9.17) is 0 Å². The fourth-order valence-electron chi connectivity index (χ4n) is 2.73. The van der Waals surface area contributed by atoms with Crippen LogP contribution < -0.4 is 10.0 Å². The summed E-state index contributed by atoms with van der Waals surface area (Å²) in [6.07, 6.45) is 1.75. The second-order valence-electron chi connectivity index (χ2n) is 7.49. The number of halogens is 3. The molecule has 1 aliphatic carbocycles. The van der Waals surface area contributed by atoms with Gasteiger partial charge in [-0.15, -0.1) is 0 Å². The van der Waals surface area contributed by atoms with Gasteiger partial charge in [0.15, 0.2) is 17.5 Å². The lowest BCUT2D eigenvalue weighted by molar-refractivity contribution is -0.120. The molecule has 0 unspecified atom stereocenters. The van der Waals surface area contributed by atoms with Crippen LogP contribution in [0.3, 0.4) is 0 Å². The zero-order valence-electron chi connectivity index (χ0n) is 14.9. The van der Waals surface area contributed by atoms with Gasteiger partial charge in [-0.05, 0) is 58.6 Å². The highest BCUT2D eigenvalue weighted by Crippen LogP contribution is 2.28. The van der Waals surface area contributed by atoms with Crippen molar-refractivity contribution in [1.29, 1.82) is 0 Å². The van der Waals surface area contributed by atoms with E-state index in [0.717, 1.165) is 12.1 Å². The van der Waals surface area contributed by atoms with Gasteiger partial charge in [-0.25, -0.2) is 26.3 Å². The topological polar surface area (TPSA) is 75.3 Å². The Hall–Kier alpha value is -1.61. The molecule has 0 bridgehead atoms. The fourth-order valence-corrected chi connectivity index (χ4v) is 3.75. The zero-order chi connectivity index (χ0) is 19.7. The highest BCUT2D eigenvalue weighted by atomic mass is 32.2. The number of anilines is 1. The van der Waals surface area contributed by atoms with Crippen molar-refractivity contribution in [3.8, 4) is 0 Å². The molecule has 0 spiro atoms. The fraction of sp³-hybridized carbons (Fsp3) is 0.588. The maximum Gasteiger partial charge on any atom is 0.227 e. The second-order valence-corrected chi connectivity index (χ2v) is 9.96. The Kier molecular flexibility index (Phi) is 6.02. The Bertz CT molecular complexity index is 783. The van der Waals surface area contributed by atoms with Crippen LogP contribution >= 0.6 is 0 Å². The molecule has 2 rings (SSSR count). The van der Waals surface area contributed by atoms with Crippen LogP contribution in [0.2, 0.25) is 0 Å². The summed E-state index contributed by atoms with van der Waals surface area (Å²) < 4.78 is 65.9. The first kappa shape index (κ1) is 20.7. The molecule has 146 valence electrons. The number of sulfonamides is 1. The van der Waals surface area contributed by atoms with Gasteiger partial charge < -0.3 is 5.32 Å². The molecule has 26 heavy (non-hydrogen) atoms. The zero-order valence-corrected chi connectivity index (χ0v) is 15.7. The van der Waals surface area contributed by atoms with Crippen molar-refractivity contribution >= 4 is 21.6 Å². The average molecular weight is 392 g/mol. The normalized spacial score (nSPS) is 21.5. The minimum atomic E-state index is -3.48. The Labute approximate surface area is 151 Å². The standard InChI is InChI=1S/C17H23F3N2O3S/c1-17(2,3)26(24,25)22-11-6-4-10(5-7-11)16(23)21-13-9-8-12(18)14(19)15(13)20/h8-11,22H,4-7H2,1-3H3,(H,21,23)/t10-,11-. The number of amides is 1. The highest BCUT2D eigenvalue weighted by Gasteiger charge is 2.34. The summed E-state index contributed by atoms with van der Waals surface area (Å²) in [6.45, 7) is 4.81. The molecule has 1 amide bonds. The lowest BCUT2D eigenvalue weighted by atomic mass is 9.86. The van der Waals surface area contributed by atoms with Gasteiger partial charge in [0, 0.05) is 12.0 Å². The molecule has 1 fully saturated rings. The molecule has 0 aromatic heterocycles. The molecule has 0 atom stereocenters. The number of rotatable bonds is 4. The summed E-state index contributed by atoms with van der Waals surface area (Å²) in [4.78, 5) is 12.2. The van der Waals surface area contributed by atoms with Crippen molar-refractivity contribution in [2.75, 3.05) is 5.32 Å². The van der Waals surface area contributed by atoms with Gasteiger partial charge in [0.2, 0.25) is 15.9 Å². The average Bonchev–Trinajstić information content (AvgIpc) is 2.54. The largest absolute Gasteiger partial charge is 0.323 e. The van der Waals surface area contributed by atoms with Gasteiger partial charge in [-0.2, -0.15) is 0 Å². The Morgan fingerprint density at radius 3 is 2.15 bits per heavy atom. The third kappa shape index (κ3) is 4.56. The maximum absolute atomic E-state index is 13.6. The van der Waals surface area contributed by atoms with E-state index in [1.165, 1.54) is 0 Å². The van der Waals surface area contributed by atoms with Crippen LogP contribution in [0, 0.1) is 23.4 Å². The summed E-state index contributed by atoms with van der Waals surface area (Å²) in [6, 6.07) is 1.45. The van der Waals surface area contributed by atoms with Gasteiger partial charge in [0.1, 0.15) is 0 Å². The number of benzene rings is 1. The Balaban J connectivity index is 1.94. The van der Waals surface area contributed by atoms with E-state index < -0.39 is 49.7 Å². The Morgan fingerprint density at radius 1 is 1.04 bits per heavy atom. The number of carbonyl (C=O) groups excluding carboxylic acids is 1. The van der Waals surface area contributed by atoms with Gasteiger partial charge in [0.05, 0.1) is 10.4 Å². The van der Waals surface area contributed by atoms with Crippen LogP contribution in [-0.2, 0) is 14.8 Å². The van der Waals surface area contributed by atoms with E-state index in [9.17, 15) is 26.4 Å². The maximum atomic E-state index is 13.6. The van der Waals surface area contributed by atoms with Crippen LogP contribution in [0.4, 0.5) is 18.9 Å². The molecule has 2 N–H and O–H groups in total. The molecule has 0 radical (unpaired) electrons. The lowest BCUT2D eigenvalue weighted by Gasteiger charge is -2.30. The number of carbonyl (C=O) groups is 1. The van der Waals surface area contributed by atoms with Crippen molar-refractivity contribution in [2.24, 2.45) is 5.92 Å². The first-order valence-electron chi connectivity index (χ1n) is 8.38. The summed E-state index contributed by atoms with van der Waals surface area (Å²) in [5.41, 5.74) is -0.413. The van der Waals surface area contributed by atoms with E-state index in [2.05, 4.69) is 10.0 Å². The molecule has 5 nitrogen and oxygen atoms in total. The van der Waals surface area contributed by atoms with Crippen molar-refractivity contribution in [3.05, 3.63) is 29.6 Å². The molecule has 1 aromatic rings. The van der Waals surface area contributed by atoms with Crippen LogP contribution in [0.15, 0.2) is 12.1 Å². The summed E-state index contributed by atoms with van der Waals surface area (Å²) >= 11 is 0. The molecule has 9 heteroatoms. The summed E-state index contributed by atoms with van der Waals surface area (Å²) in [5.74, 6) is -5.34. The van der Waals surface area contributed by atoms with E-state index >= 15 is 0 Å². The molecule has 1 aliphatic rings. The SMILES string of the molecule is CC(C)(C)S(=O)(=O)N[C@H]1CC[C@H](C(=O)Nc2ccc(F)c(F)c2F)CC1. The lowest BCUT2D eigenvalue weighted by Crippen LogP contribution is -2.46.